The second-order valence-electron chi connectivity index (χ2n) is 6.87. The van der Waals surface area contributed by atoms with Gasteiger partial charge in [0.05, 0.1) is 0 Å². The van der Waals surface area contributed by atoms with E-state index >= 15 is 0 Å². The van der Waals surface area contributed by atoms with Crippen LogP contribution in [0.5, 0.6) is 5.75 Å². The fourth-order valence-electron chi connectivity index (χ4n) is 3.41. The fourth-order valence-corrected chi connectivity index (χ4v) is 3.41. The Morgan fingerprint density at radius 2 is 1.92 bits per heavy atom. The molecule has 2 rings (SSSR count). The van der Waals surface area contributed by atoms with Gasteiger partial charge in [-0.1, -0.05) is 12.1 Å². The smallest absolute Gasteiger partial charge is 0.422 e. The molecule has 1 N–H and O–H groups in total. The third kappa shape index (κ3) is 5.98. The third-order valence-corrected chi connectivity index (χ3v) is 4.32. The van der Waals surface area contributed by atoms with Crippen LogP contribution in [0.3, 0.4) is 0 Å². The van der Waals surface area contributed by atoms with Crippen LogP contribution in [-0.4, -0.2) is 44.4 Å². The summed E-state index contributed by atoms with van der Waals surface area (Å²) < 4.78 is 42.0. The van der Waals surface area contributed by atoms with Crippen molar-refractivity contribution in [3.05, 3.63) is 28.8 Å². The Bertz CT molecular complexity index is 517. The second kappa shape index (κ2) is 8.21. The topological polar surface area (TPSA) is 24.5 Å². The minimum atomic E-state index is -4.31. The summed E-state index contributed by atoms with van der Waals surface area (Å²) in [7, 11) is 2.09. The molecule has 1 aliphatic rings. The average Bonchev–Trinajstić information content (AvgIpc) is 2.46. The summed E-state index contributed by atoms with van der Waals surface area (Å²) in [6, 6.07) is 3.85. The van der Waals surface area contributed by atoms with Gasteiger partial charge in [-0.05, 0) is 69.4 Å². The summed E-state index contributed by atoms with van der Waals surface area (Å²) in [5.41, 5.74) is 2.61. The molecule has 1 aliphatic heterocycles. The van der Waals surface area contributed by atoms with Gasteiger partial charge in [0.2, 0.25) is 0 Å². The van der Waals surface area contributed by atoms with Crippen molar-refractivity contribution in [1.29, 1.82) is 0 Å². The minimum absolute atomic E-state index is 0.343. The monoisotopic (exact) mass is 344 g/mol. The van der Waals surface area contributed by atoms with Crippen LogP contribution >= 0.6 is 0 Å². The van der Waals surface area contributed by atoms with E-state index in [1.165, 1.54) is 12.8 Å². The molecule has 6 heteroatoms. The number of hydrogen-bond acceptors (Lipinski definition) is 3. The number of nitrogens with one attached hydrogen (secondary N) is 1. The Morgan fingerprint density at radius 1 is 1.25 bits per heavy atom. The van der Waals surface area contributed by atoms with Gasteiger partial charge in [0, 0.05) is 13.1 Å². The van der Waals surface area contributed by atoms with Gasteiger partial charge in [-0.25, -0.2) is 0 Å². The molecule has 1 aromatic rings. The predicted molar refractivity (Wildman–Crippen MR) is 89.4 cm³/mol. The highest BCUT2D eigenvalue weighted by atomic mass is 19.4. The Kier molecular flexibility index (Phi) is 6.52. The van der Waals surface area contributed by atoms with Crippen molar-refractivity contribution in [3.8, 4) is 5.75 Å². The Balaban J connectivity index is 1.95. The van der Waals surface area contributed by atoms with Gasteiger partial charge in [0.1, 0.15) is 5.75 Å². The van der Waals surface area contributed by atoms with E-state index in [1.807, 2.05) is 12.1 Å². The largest absolute Gasteiger partial charge is 0.484 e. The SMILES string of the molecule is Cc1cc(CN(C)CC2CCCNC2)cc(C)c1OCC(F)(F)F. The van der Waals surface area contributed by atoms with Crippen molar-refractivity contribution in [2.75, 3.05) is 33.3 Å². The van der Waals surface area contributed by atoms with E-state index < -0.39 is 12.8 Å². The number of hydrogen-bond donors (Lipinski definition) is 1. The molecule has 3 nitrogen and oxygen atoms in total. The maximum Gasteiger partial charge on any atom is 0.422 e. The number of piperidine rings is 1. The van der Waals surface area contributed by atoms with Crippen molar-refractivity contribution in [2.45, 2.75) is 39.4 Å². The summed E-state index contributed by atoms with van der Waals surface area (Å²) in [6.45, 7) is 6.34. The van der Waals surface area contributed by atoms with Crippen LogP contribution in [0.25, 0.3) is 0 Å². The zero-order chi connectivity index (χ0) is 17.7. The molecule has 24 heavy (non-hydrogen) atoms. The number of ether oxygens (including phenoxy) is 1. The molecule has 0 aromatic heterocycles. The molecule has 1 saturated heterocycles. The first-order valence-electron chi connectivity index (χ1n) is 8.43. The van der Waals surface area contributed by atoms with Crippen LogP contribution in [0.1, 0.15) is 29.5 Å². The molecule has 0 spiro atoms. The number of benzene rings is 1. The second-order valence-corrected chi connectivity index (χ2v) is 6.87. The number of rotatable bonds is 6. The van der Waals surface area contributed by atoms with Crippen LogP contribution < -0.4 is 10.1 Å². The molecule has 1 heterocycles. The first-order valence-corrected chi connectivity index (χ1v) is 8.43. The number of alkyl halides is 3. The predicted octanol–water partition coefficient (Wildman–Crippen LogP) is 3.68. The third-order valence-electron chi connectivity index (χ3n) is 4.32. The molecule has 0 saturated carbocycles. The lowest BCUT2D eigenvalue weighted by atomic mass is 9.99. The van der Waals surface area contributed by atoms with Gasteiger partial charge in [-0.3, -0.25) is 0 Å². The Morgan fingerprint density at radius 3 is 2.46 bits per heavy atom. The summed E-state index contributed by atoms with van der Waals surface area (Å²) in [5.74, 6) is 1.01. The highest BCUT2D eigenvalue weighted by Crippen LogP contribution is 2.27. The van der Waals surface area contributed by atoms with Gasteiger partial charge in [-0.15, -0.1) is 0 Å². The van der Waals surface area contributed by atoms with Crippen LogP contribution in [0.4, 0.5) is 13.2 Å². The van der Waals surface area contributed by atoms with Crippen molar-refractivity contribution in [3.63, 3.8) is 0 Å². The molecule has 0 radical (unpaired) electrons. The van der Waals surface area contributed by atoms with E-state index in [9.17, 15) is 13.2 Å². The first-order chi connectivity index (χ1) is 11.2. The molecular weight excluding hydrogens is 317 g/mol. The summed E-state index contributed by atoms with van der Waals surface area (Å²) in [6.07, 6.45) is -1.84. The fraction of sp³-hybridized carbons (Fsp3) is 0.667. The standard InChI is InChI=1S/C18H27F3N2O/c1-13-7-16(8-14(2)17(13)24-12-18(19,20)21)11-23(3)10-15-5-4-6-22-9-15/h7-8,15,22H,4-6,9-12H2,1-3H3. The van der Waals surface area contributed by atoms with E-state index in [2.05, 4.69) is 17.3 Å². The maximum atomic E-state index is 12.3. The van der Waals surface area contributed by atoms with E-state index in [0.717, 1.165) is 42.9 Å². The average molecular weight is 344 g/mol. The molecule has 1 fully saturated rings. The zero-order valence-corrected chi connectivity index (χ0v) is 14.7. The normalized spacial score (nSPS) is 18.9. The summed E-state index contributed by atoms with van der Waals surface area (Å²) >= 11 is 0. The van der Waals surface area contributed by atoms with Crippen molar-refractivity contribution in [2.24, 2.45) is 5.92 Å². The molecule has 1 atom stereocenters. The van der Waals surface area contributed by atoms with Crippen molar-refractivity contribution in [1.82, 2.24) is 10.2 Å². The van der Waals surface area contributed by atoms with Gasteiger partial charge in [-0.2, -0.15) is 13.2 Å². The zero-order valence-electron chi connectivity index (χ0n) is 14.7. The van der Waals surface area contributed by atoms with Crippen LogP contribution in [0, 0.1) is 19.8 Å². The Labute approximate surface area is 142 Å². The van der Waals surface area contributed by atoms with Crippen LogP contribution in [0.2, 0.25) is 0 Å². The first kappa shape index (κ1) is 19.1. The lowest BCUT2D eigenvalue weighted by molar-refractivity contribution is -0.153. The van der Waals surface area contributed by atoms with Crippen molar-refractivity contribution < 1.29 is 17.9 Å². The lowest BCUT2D eigenvalue weighted by Gasteiger charge is -2.28. The lowest BCUT2D eigenvalue weighted by Crippen LogP contribution is -2.36. The molecule has 1 unspecified atom stereocenters. The van der Waals surface area contributed by atoms with Gasteiger partial charge >= 0.3 is 6.18 Å². The summed E-state index contributed by atoms with van der Waals surface area (Å²) in [4.78, 5) is 2.28. The van der Waals surface area contributed by atoms with E-state index in [4.69, 9.17) is 4.74 Å². The molecular formula is C18H27F3N2O. The maximum absolute atomic E-state index is 12.3. The molecule has 136 valence electrons. The van der Waals surface area contributed by atoms with Gasteiger partial charge in [0.15, 0.2) is 6.61 Å². The van der Waals surface area contributed by atoms with Crippen LogP contribution in [-0.2, 0) is 6.54 Å². The molecule has 1 aromatic carbocycles. The number of halogens is 3. The van der Waals surface area contributed by atoms with Gasteiger partial charge < -0.3 is 15.0 Å². The summed E-state index contributed by atoms with van der Waals surface area (Å²) in [5, 5.41) is 3.42. The van der Waals surface area contributed by atoms with Crippen LogP contribution in [0.15, 0.2) is 12.1 Å². The molecule has 0 amide bonds. The number of aryl methyl sites for hydroxylation is 2. The van der Waals surface area contributed by atoms with Crippen molar-refractivity contribution >= 4 is 0 Å². The van der Waals surface area contributed by atoms with E-state index in [-0.39, 0.29) is 0 Å². The molecule has 0 aliphatic carbocycles. The van der Waals surface area contributed by atoms with E-state index in [0.29, 0.717) is 11.7 Å². The highest BCUT2D eigenvalue weighted by Gasteiger charge is 2.29. The molecule has 0 bridgehead atoms. The quantitative estimate of drug-likeness (QED) is 0.852. The van der Waals surface area contributed by atoms with E-state index in [1.54, 1.807) is 13.8 Å². The minimum Gasteiger partial charge on any atom is -0.484 e. The number of nitrogens with zero attached hydrogens (tertiary/aromatic N) is 1. The Hall–Kier alpha value is -1.27. The van der Waals surface area contributed by atoms with Gasteiger partial charge in [0.25, 0.3) is 0 Å². The highest BCUT2D eigenvalue weighted by molar-refractivity contribution is 5.43.